The maximum Gasteiger partial charge on any atom is 0.310 e. The molecular formula is C17H25NO5S. The highest BCUT2D eigenvalue weighted by molar-refractivity contribution is 7.89. The molecule has 0 aliphatic carbocycles. The first-order valence-electron chi connectivity index (χ1n) is 8.11. The third kappa shape index (κ3) is 3.63. The molecule has 1 fully saturated rings. The summed E-state index contributed by atoms with van der Waals surface area (Å²) in [6.07, 6.45) is 0.0438. The molecule has 6 nitrogen and oxygen atoms in total. The zero-order valence-electron chi connectivity index (χ0n) is 14.3. The molecule has 2 unspecified atom stereocenters. The molecule has 1 aromatic carbocycles. The van der Waals surface area contributed by atoms with Gasteiger partial charge in [-0.15, -0.1) is 0 Å². The molecule has 1 aromatic rings. The summed E-state index contributed by atoms with van der Waals surface area (Å²) >= 11 is 0. The van der Waals surface area contributed by atoms with Crippen LogP contribution >= 0.6 is 0 Å². The number of rotatable bonds is 5. The Labute approximate surface area is 143 Å². The fraction of sp³-hybridized carbons (Fsp3) is 0.588. The molecule has 2 rings (SSSR count). The highest BCUT2D eigenvalue weighted by Gasteiger charge is 2.38. The Morgan fingerprint density at radius 2 is 1.88 bits per heavy atom. The number of nitrogens with zero attached hydrogens (tertiary/aromatic N) is 1. The Morgan fingerprint density at radius 3 is 2.38 bits per heavy atom. The molecule has 0 spiro atoms. The Morgan fingerprint density at radius 1 is 1.29 bits per heavy atom. The summed E-state index contributed by atoms with van der Waals surface area (Å²) in [5.74, 6) is -2.27. The van der Waals surface area contributed by atoms with Crippen molar-refractivity contribution in [3.05, 3.63) is 29.8 Å². The van der Waals surface area contributed by atoms with Crippen molar-refractivity contribution in [3.8, 4) is 0 Å². The van der Waals surface area contributed by atoms with Gasteiger partial charge in [-0.05, 0) is 36.0 Å². The second-order valence-electron chi connectivity index (χ2n) is 6.93. The SMILES string of the molecule is CCC(C)(C)c1ccc(S(=O)(=O)N2CCC(O)C(C(=O)O)C2)cc1. The van der Waals surface area contributed by atoms with Gasteiger partial charge in [-0.2, -0.15) is 4.31 Å². The molecule has 1 aliphatic heterocycles. The predicted octanol–water partition coefficient (Wildman–Crippen LogP) is 1.83. The number of hydrogen-bond donors (Lipinski definition) is 2. The van der Waals surface area contributed by atoms with Crippen molar-refractivity contribution in [2.45, 2.75) is 50.0 Å². The van der Waals surface area contributed by atoms with Crippen molar-refractivity contribution in [1.29, 1.82) is 0 Å². The molecule has 7 heteroatoms. The van der Waals surface area contributed by atoms with Gasteiger partial charge in [0.25, 0.3) is 0 Å². The Hall–Kier alpha value is -1.44. The monoisotopic (exact) mass is 355 g/mol. The van der Waals surface area contributed by atoms with E-state index in [9.17, 15) is 18.3 Å². The lowest BCUT2D eigenvalue weighted by molar-refractivity contribution is -0.147. The maximum absolute atomic E-state index is 12.7. The highest BCUT2D eigenvalue weighted by atomic mass is 32.2. The summed E-state index contributed by atoms with van der Waals surface area (Å²) in [6.45, 7) is 6.19. The molecule has 134 valence electrons. The van der Waals surface area contributed by atoms with Crippen LogP contribution in [0.15, 0.2) is 29.2 Å². The molecule has 0 amide bonds. The largest absolute Gasteiger partial charge is 0.481 e. The first-order chi connectivity index (χ1) is 11.1. The van der Waals surface area contributed by atoms with E-state index in [1.165, 1.54) is 0 Å². The lowest BCUT2D eigenvalue weighted by Gasteiger charge is -2.33. The minimum atomic E-state index is -3.76. The average molecular weight is 355 g/mol. The number of carboxylic acid groups (broad SMARTS) is 1. The number of hydrogen-bond acceptors (Lipinski definition) is 4. The van der Waals surface area contributed by atoms with Gasteiger partial charge in [0.05, 0.1) is 16.9 Å². The molecule has 1 aliphatic rings. The van der Waals surface area contributed by atoms with Crippen molar-refractivity contribution in [2.24, 2.45) is 5.92 Å². The fourth-order valence-corrected chi connectivity index (χ4v) is 4.28. The second kappa shape index (κ2) is 6.82. The minimum absolute atomic E-state index is 0.0358. The van der Waals surface area contributed by atoms with Gasteiger partial charge in [-0.25, -0.2) is 8.42 Å². The quantitative estimate of drug-likeness (QED) is 0.840. The van der Waals surface area contributed by atoms with E-state index in [0.717, 1.165) is 16.3 Å². The van der Waals surface area contributed by atoms with Crippen molar-refractivity contribution in [2.75, 3.05) is 13.1 Å². The average Bonchev–Trinajstić information content (AvgIpc) is 2.55. The molecule has 1 heterocycles. The molecule has 0 aromatic heterocycles. The Bertz CT molecular complexity index is 696. The number of aliphatic carboxylic acids is 1. The number of benzene rings is 1. The van der Waals surface area contributed by atoms with Crippen LogP contribution in [-0.2, 0) is 20.2 Å². The van der Waals surface area contributed by atoms with Gasteiger partial charge in [0.15, 0.2) is 0 Å². The number of carbonyl (C=O) groups is 1. The van der Waals surface area contributed by atoms with Gasteiger partial charge in [-0.1, -0.05) is 32.9 Å². The van der Waals surface area contributed by atoms with Crippen molar-refractivity contribution in [3.63, 3.8) is 0 Å². The van der Waals surface area contributed by atoms with Crippen molar-refractivity contribution < 1.29 is 23.4 Å². The van der Waals surface area contributed by atoms with E-state index in [0.29, 0.717) is 0 Å². The highest BCUT2D eigenvalue weighted by Crippen LogP contribution is 2.29. The van der Waals surface area contributed by atoms with Crippen LogP contribution in [-0.4, -0.2) is 48.1 Å². The smallest absolute Gasteiger partial charge is 0.310 e. The second-order valence-corrected chi connectivity index (χ2v) is 8.86. The van der Waals surface area contributed by atoms with Crippen molar-refractivity contribution in [1.82, 2.24) is 4.31 Å². The lowest BCUT2D eigenvalue weighted by atomic mass is 9.82. The Balaban J connectivity index is 2.26. The summed E-state index contributed by atoms with van der Waals surface area (Å²) in [5, 5.41) is 18.9. The van der Waals surface area contributed by atoms with E-state index >= 15 is 0 Å². The zero-order valence-corrected chi connectivity index (χ0v) is 15.1. The van der Waals surface area contributed by atoms with Crippen molar-refractivity contribution >= 4 is 16.0 Å². The van der Waals surface area contributed by atoms with E-state index in [1.54, 1.807) is 12.1 Å². The summed E-state index contributed by atoms with van der Waals surface area (Å²) in [4.78, 5) is 11.3. The maximum atomic E-state index is 12.7. The van der Waals surface area contributed by atoms with Gasteiger partial charge >= 0.3 is 5.97 Å². The Kier molecular flexibility index (Phi) is 5.37. The first kappa shape index (κ1) is 18.9. The van der Waals surface area contributed by atoms with Crippen LogP contribution in [0.5, 0.6) is 0 Å². The van der Waals surface area contributed by atoms with Gasteiger partial charge in [0.1, 0.15) is 0 Å². The number of aliphatic hydroxyl groups excluding tert-OH is 1. The molecule has 2 atom stereocenters. The van der Waals surface area contributed by atoms with Crippen LogP contribution in [0, 0.1) is 5.92 Å². The number of piperidine rings is 1. The molecular weight excluding hydrogens is 330 g/mol. The summed E-state index contributed by atoms with van der Waals surface area (Å²) in [5.41, 5.74) is 1.02. The zero-order chi connectivity index (χ0) is 18.1. The van der Waals surface area contributed by atoms with Gasteiger partial charge in [0, 0.05) is 13.1 Å². The molecule has 2 N–H and O–H groups in total. The standard InChI is InChI=1S/C17H25NO5S/c1-4-17(2,3)12-5-7-13(8-6-12)24(22,23)18-10-9-15(19)14(11-18)16(20)21/h5-8,14-15,19H,4,9-11H2,1-3H3,(H,20,21). The molecule has 0 bridgehead atoms. The van der Waals surface area contributed by atoms with E-state index in [2.05, 4.69) is 20.8 Å². The third-order valence-electron chi connectivity index (χ3n) is 5.01. The van der Waals surface area contributed by atoms with E-state index in [4.69, 9.17) is 5.11 Å². The fourth-order valence-electron chi connectivity index (χ4n) is 2.80. The number of sulfonamides is 1. The summed E-state index contributed by atoms with van der Waals surface area (Å²) in [7, 11) is -3.76. The van der Waals surface area contributed by atoms with E-state index < -0.39 is 28.0 Å². The normalized spacial score (nSPS) is 23.2. The van der Waals surface area contributed by atoms with Crippen LogP contribution in [0.3, 0.4) is 0 Å². The first-order valence-corrected chi connectivity index (χ1v) is 9.55. The van der Waals surface area contributed by atoms with Crippen LogP contribution in [0.25, 0.3) is 0 Å². The minimum Gasteiger partial charge on any atom is -0.481 e. The predicted molar refractivity (Wildman–Crippen MR) is 90.3 cm³/mol. The van der Waals surface area contributed by atoms with Gasteiger partial charge in [-0.3, -0.25) is 4.79 Å². The molecule has 24 heavy (non-hydrogen) atoms. The van der Waals surface area contributed by atoms with E-state index in [-0.39, 0.29) is 29.8 Å². The summed E-state index contributed by atoms with van der Waals surface area (Å²) < 4.78 is 26.6. The molecule has 0 saturated carbocycles. The molecule has 1 saturated heterocycles. The number of aliphatic hydroxyl groups is 1. The molecule has 0 radical (unpaired) electrons. The van der Waals surface area contributed by atoms with E-state index in [1.807, 2.05) is 12.1 Å². The van der Waals surface area contributed by atoms with Crippen LogP contribution in [0.1, 0.15) is 39.2 Å². The van der Waals surface area contributed by atoms with Crippen LogP contribution < -0.4 is 0 Å². The van der Waals surface area contributed by atoms with Gasteiger partial charge in [0.2, 0.25) is 10.0 Å². The lowest BCUT2D eigenvalue weighted by Crippen LogP contribution is -2.48. The number of carboxylic acids is 1. The van der Waals surface area contributed by atoms with Gasteiger partial charge < -0.3 is 10.2 Å². The van der Waals surface area contributed by atoms with Crippen LogP contribution in [0.2, 0.25) is 0 Å². The van der Waals surface area contributed by atoms with Crippen LogP contribution in [0.4, 0.5) is 0 Å². The third-order valence-corrected chi connectivity index (χ3v) is 6.89. The topological polar surface area (TPSA) is 94.9 Å². The summed E-state index contributed by atoms with van der Waals surface area (Å²) in [6, 6.07) is 6.76.